The van der Waals surface area contributed by atoms with Gasteiger partial charge in [0.25, 0.3) is 5.91 Å². The lowest BCUT2D eigenvalue weighted by Gasteiger charge is -2.20. The van der Waals surface area contributed by atoms with Crippen LogP contribution in [0.2, 0.25) is 10.0 Å². The molecule has 2 heterocycles. The molecule has 11 N–H and O–H groups in total. The van der Waals surface area contributed by atoms with Crippen molar-refractivity contribution < 1.29 is 41.3 Å². The highest BCUT2D eigenvalue weighted by Crippen LogP contribution is 2.25. The van der Waals surface area contributed by atoms with Crippen LogP contribution in [-0.2, 0) is 9.59 Å². The first-order chi connectivity index (χ1) is 32.3. The van der Waals surface area contributed by atoms with Crippen molar-refractivity contribution >= 4 is 92.9 Å². The molecule has 2 aliphatic heterocycles. The van der Waals surface area contributed by atoms with Gasteiger partial charge in [-0.3, -0.25) is 15.9 Å². The number of carbonyl (C=O) groups excluding carboxylic acids is 3. The van der Waals surface area contributed by atoms with E-state index in [1.807, 2.05) is 59.5 Å². The van der Waals surface area contributed by atoms with Gasteiger partial charge in [-0.05, 0) is 121 Å². The summed E-state index contributed by atoms with van der Waals surface area (Å²) in [4.78, 5) is 50.8. The molecule has 0 aliphatic carbocycles. The van der Waals surface area contributed by atoms with Gasteiger partial charge in [0.15, 0.2) is 6.04 Å². The Balaban J connectivity index is 0.000000210. The van der Waals surface area contributed by atoms with E-state index in [0.717, 1.165) is 61.7 Å². The lowest BCUT2D eigenvalue weighted by Crippen LogP contribution is -3.00. The van der Waals surface area contributed by atoms with Crippen LogP contribution in [0.15, 0.2) is 158 Å². The third kappa shape index (κ3) is 15.2. The molecule has 18 heteroatoms. The first-order valence-electron chi connectivity index (χ1n) is 21.3. The van der Waals surface area contributed by atoms with Crippen LogP contribution in [0.25, 0.3) is 0 Å². The number of halogens is 3. The number of aliphatic carboxylic acids is 1. The number of amides is 5. The molecule has 8 rings (SSSR count). The smallest absolute Gasteiger partial charge is 0.330 e. The lowest BCUT2D eigenvalue weighted by molar-refractivity contribution is -0.432. The molecular weight excluding hydrogens is 927 g/mol. The predicted molar refractivity (Wildman–Crippen MR) is 267 cm³/mol. The first kappa shape index (κ1) is 51.4. The van der Waals surface area contributed by atoms with Crippen LogP contribution in [-0.4, -0.2) is 58.4 Å². The normalized spacial score (nSPS) is 13.5. The summed E-state index contributed by atoms with van der Waals surface area (Å²) < 4.78 is 2.14. The van der Waals surface area contributed by atoms with Crippen molar-refractivity contribution in [2.45, 2.75) is 37.8 Å². The van der Waals surface area contributed by atoms with Crippen molar-refractivity contribution in [2.24, 2.45) is 5.73 Å². The molecule has 15 nitrogen and oxygen atoms in total. The lowest BCUT2D eigenvalue weighted by atomic mass is 10.1. The van der Waals surface area contributed by atoms with Crippen molar-refractivity contribution in [1.82, 2.24) is 10.6 Å². The number of carboxylic acid groups (broad SMARTS) is 1. The second-order valence-corrected chi connectivity index (χ2v) is 16.2. The van der Waals surface area contributed by atoms with E-state index in [2.05, 4.69) is 31.2 Å². The number of rotatable bonds is 11. The maximum absolute atomic E-state index is 13.1. The summed E-state index contributed by atoms with van der Waals surface area (Å²) in [5.74, 6) is 0.0678. The van der Waals surface area contributed by atoms with Crippen LogP contribution in [0.1, 0.15) is 48.9 Å². The highest BCUT2D eigenvalue weighted by atomic mass is 35.5. The molecule has 6 aromatic rings. The standard InChI is InChI=1S/C25H24ClN5O2.C15H13ClN2O3.C10H13N3.ClH/c26-18-8-10-20(11-9-18)29-25(33)30-23(17-5-2-1-3-6-17)24(32)28-19-12-14-21(15-13-19)31-16-4-7-22(31)27;16-11-6-8-12(9-7-11)17-15(21)18-13(14(19)20)10-4-2-1-3-5-10;11-8-3-5-9(6-4-8)13-7-1-2-10(13)12;/h1-3,5-6,8-15,23,27H,4,7,16H2,(H,28,32)(H2,29,30,33);1-9,13H,(H,19,20)(H2,17,18,21);3-6,12H,1-2,7,11H2;1H/t23-;13-;;/m11../s1. The molecule has 0 radical (unpaired) electrons. The summed E-state index contributed by atoms with van der Waals surface area (Å²) >= 11 is 11.6. The molecule has 0 spiro atoms. The molecular formula is C50H51Cl3N10O5. The minimum atomic E-state index is -1.13. The zero-order chi connectivity index (χ0) is 47.7. The van der Waals surface area contributed by atoms with Gasteiger partial charge in [0.1, 0.15) is 17.6 Å². The Kier molecular flexibility index (Phi) is 19.2. The Hall–Kier alpha value is -7.59. The van der Waals surface area contributed by atoms with Crippen molar-refractivity contribution in [1.29, 1.82) is 5.41 Å². The van der Waals surface area contributed by atoms with E-state index < -0.39 is 30.1 Å². The average Bonchev–Trinajstić information content (AvgIpc) is 3.97. The van der Waals surface area contributed by atoms with E-state index in [1.54, 1.807) is 103 Å². The second kappa shape index (κ2) is 25.4. The maximum Gasteiger partial charge on any atom is 0.330 e. The zero-order valence-electron chi connectivity index (χ0n) is 36.7. The van der Waals surface area contributed by atoms with Crippen LogP contribution in [0.5, 0.6) is 0 Å². The number of nitrogens with one attached hydrogen (secondary N) is 6. The first-order valence-corrected chi connectivity index (χ1v) is 22.1. The van der Waals surface area contributed by atoms with Gasteiger partial charge in [0.2, 0.25) is 5.84 Å². The van der Waals surface area contributed by atoms with E-state index in [9.17, 15) is 24.3 Å². The van der Waals surface area contributed by atoms with Gasteiger partial charge in [-0.1, -0.05) is 83.9 Å². The molecule has 2 aliphatic rings. The monoisotopic (exact) mass is 976 g/mol. The van der Waals surface area contributed by atoms with E-state index in [4.69, 9.17) is 40.1 Å². The van der Waals surface area contributed by atoms with Gasteiger partial charge < -0.3 is 54.7 Å². The SMILES string of the molecule is N=C1CCCN1c1ccc(NC(=O)[C@H](NC(=O)Nc2ccc(Cl)cc2)c2ccccc2)cc1.NC1=[N+](c2ccc(N)cc2)CCC1.O=C(Nc1ccc(Cl)cc1)N[C@@H](C(=O)O)c1ccccc1.[Cl-]. The Morgan fingerprint density at radius 3 is 1.53 bits per heavy atom. The number of nitrogens with two attached hydrogens (primary N) is 2. The number of amidine groups is 2. The summed E-state index contributed by atoms with van der Waals surface area (Å²) in [5.41, 5.74) is 17.2. The van der Waals surface area contributed by atoms with Crippen LogP contribution in [0.3, 0.4) is 0 Å². The van der Waals surface area contributed by atoms with Crippen LogP contribution >= 0.6 is 23.2 Å². The topological polar surface area (TPSA) is 231 Å². The highest BCUT2D eigenvalue weighted by molar-refractivity contribution is 6.31. The van der Waals surface area contributed by atoms with E-state index in [-0.39, 0.29) is 18.3 Å². The van der Waals surface area contributed by atoms with Gasteiger partial charge in [-0.2, -0.15) is 0 Å². The third-order valence-corrected chi connectivity index (χ3v) is 11.0. The summed E-state index contributed by atoms with van der Waals surface area (Å²) in [6.45, 7) is 1.85. The molecule has 6 aromatic carbocycles. The Bertz CT molecular complexity index is 2660. The van der Waals surface area contributed by atoms with Crippen molar-refractivity contribution in [3.05, 3.63) is 179 Å². The number of carbonyl (C=O) groups is 4. The van der Waals surface area contributed by atoms with Crippen molar-refractivity contribution in [3.8, 4) is 0 Å². The van der Waals surface area contributed by atoms with Gasteiger partial charge in [-0.25, -0.2) is 19.0 Å². The van der Waals surface area contributed by atoms with Gasteiger partial charge in [0, 0.05) is 51.4 Å². The summed E-state index contributed by atoms with van der Waals surface area (Å²) in [6, 6.07) is 42.8. The molecule has 0 bridgehead atoms. The van der Waals surface area contributed by atoms with E-state index in [1.165, 1.54) is 0 Å². The number of anilines is 5. The fraction of sp³-hybridized carbons (Fsp3) is 0.160. The highest BCUT2D eigenvalue weighted by Gasteiger charge is 2.25. The Morgan fingerprint density at radius 1 is 0.603 bits per heavy atom. The number of carboxylic acids is 1. The molecule has 0 saturated carbocycles. The molecule has 68 heavy (non-hydrogen) atoms. The molecule has 1 fully saturated rings. The molecule has 352 valence electrons. The number of hydrogen-bond donors (Lipinski definition) is 9. The fourth-order valence-electron chi connectivity index (χ4n) is 7.09. The molecule has 0 aromatic heterocycles. The minimum absolute atomic E-state index is 0. The summed E-state index contributed by atoms with van der Waals surface area (Å²) in [7, 11) is 0. The van der Waals surface area contributed by atoms with Crippen molar-refractivity contribution in [3.63, 3.8) is 0 Å². The average molecular weight is 978 g/mol. The molecule has 1 saturated heterocycles. The number of benzene rings is 6. The quantitative estimate of drug-likeness (QED) is 0.0496. The Labute approximate surface area is 410 Å². The zero-order valence-corrected chi connectivity index (χ0v) is 38.9. The van der Waals surface area contributed by atoms with Gasteiger partial charge >= 0.3 is 18.0 Å². The third-order valence-electron chi connectivity index (χ3n) is 10.5. The largest absolute Gasteiger partial charge is 1.00 e. The van der Waals surface area contributed by atoms with E-state index >= 15 is 0 Å². The van der Waals surface area contributed by atoms with E-state index in [0.29, 0.717) is 44.1 Å². The number of nitrogen functional groups attached to an aromatic ring is 1. The summed E-state index contributed by atoms with van der Waals surface area (Å²) in [5, 5.41) is 31.7. The van der Waals surface area contributed by atoms with Crippen LogP contribution in [0.4, 0.5) is 43.7 Å². The minimum Gasteiger partial charge on any atom is -1.00 e. The van der Waals surface area contributed by atoms with Gasteiger partial charge in [-0.15, -0.1) is 0 Å². The van der Waals surface area contributed by atoms with Crippen LogP contribution < -0.4 is 55.4 Å². The summed E-state index contributed by atoms with van der Waals surface area (Å²) in [6.07, 6.45) is 3.90. The molecule has 5 amide bonds. The maximum atomic E-state index is 13.1. The molecule has 2 atom stereocenters. The van der Waals surface area contributed by atoms with Crippen molar-refractivity contribution in [2.75, 3.05) is 39.7 Å². The number of nitrogens with zero attached hydrogens (tertiary/aromatic N) is 2. The fourth-order valence-corrected chi connectivity index (χ4v) is 7.34. The van der Waals surface area contributed by atoms with Gasteiger partial charge in [0.05, 0.1) is 13.0 Å². The molecule has 0 unspecified atom stereocenters. The Morgan fingerprint density at radius 2 is 1.07 bits per heavy atom. The predicted octanol–water partition coefficient (Wildman–Crippen LogP) is 6.77. The second-order valence-electron chi connectivity index (χ2n) is 15.3. The number of urea groups is 2. The number of hydrogen-bond acceptors (Lipinski definition) is 7. The van der Waals surface area contributed by atoms with Crippen LogP contribution in [0, 0.1) is 5.41 Å².